The minimum atomic E-state index is -0.692. The Morgan fingerprint density at radius 2 is 2.22 bits per heavy atom. The van der Waals surface area contributed by atoms with Gasteiger partial charge in [-0.1, -0.05) is 0 Å². The Labute approximate surface area is 105 Å². The van der Waals surface area contributed by atoms with Crippen molar-refractivity contribution in [2.45, 2.75) is 0 Å². The SMILES string of the molecule is NC1=NC(=O)C(=Cc2ccc([N+](=O)[O-])c(O)c2)S1. The van der Waals surface area contributed by atoms with E-state index in [-0.39, 0.29) is 5.17 Å². The largest absolute Gasteiger partial charge is 0.502 e. The van der Waals surface area contributed by atoms with Crippen molar-refractivity contribution < 1.29 is 14.8 Å². The molecule has 0 spiro atoms. The van der Waals surface area contributed by atoms with Crippen LogP contribution in [0.15, 0.2) is 28.1 Å². The molecule has 0 radical (unpaired) electrons. The van der Waals surface area contributed by atoms with Crippen LogP contribution in [0.25, 0.3) is 6.08 Å². The van der Waals surface area contributed by atoms with E-state index < -0.39 is 22.3 Å². The third-order valence-electron chi connectivity index (χ3n) is 2.13. The van der Waals surface area contributed by atoms with E-state index in [1.54, 1.807) is 0 Å². The quantitative estimate of drug-likeness (QED) is 0.471. The van der Waals surface area contributed by atoms with Crippen LogP contribution in [0.1, 0.15) is 5.56 Å². The zero-order valence-corrected chi connectivity index (χ0v) is 9.68. The number of phenolic OH excluding ortho intramolecular Hbond substituents is 1. The normalized spacial score (nSPS) is 17.0. The molecule has 1 aromatic carbocycles. The molecule has 92 valence electrons. The molecule has 0 saturated heterocycles. The Kier molecular flexibility index (Phi) is 3.02. The van der Waals surface area contributed by atoms with Crippen molar-refractivity contribution in [3.05, 3.63) is 38.8 Å². The third kappa shape index (κ3) is 2.33. The first kappa shape index (κ1) is 12.1. The average molecular weight is 265 g/mol. The van der Waals surface area contributed by atoms with Crippen LogP contribution < -0.4 is 5.73 Å². The van der Waals surface area contributed by atoms with Gasteiger partial charge >= 0.3 is 5.69 Å². The van der Waals surface area contributed by atoms with Crippen molar-refractivity contribution in [1.82, 2.24) is 0 Å². The zero-order chi connectivity index (χ0) is 13.3. The number of rotatable bonds is 2. The number of carbonyl (C=O) groups is 1. The zero-order valence-electron chi connectivity index (χ0n) is 8.86. The smallest absolute Gasteiger partial charge is 0.310 e. The van der Waals surface area contributed by atoms with E-state index in [4.69, 9.17) is 5.73 Å². The number of nitro benzene ring substituents is 1. The molecule has 0 unspecified atom stereocenters. The Bertz CT molecular complexity index is 609. The standard InChI is InChI=1S/C10H7N3O4S/c11-10-12-9(15)8(18-10)4-5-1-2-6(13(16)17)7(14)3-5/h1-4,14H,(H2,11,12,15). The molecule has 7 nitrogen and oxygen atoms in total. The van der Waals surface area contributed by atoms with Gasteiger partial charge in [0.15, 0.2) is 10.9 Å². The molecule has 1 heterocycles. The first-order valence-corrected chi connectivity index (χ1v) is 5.54. The molecule has 0 saturated carbocycles. The molecule has 1 aliphatic rings. The van der Waals surface area contributed by atoms with Crippen molar-refractivity contribution in [3.8, 4) is 5.75 Å². The van der Waals surface area contributed by atoms with Gasteiger partial charge in [0.1, 0.15) is 0 Å². The molecule has 0 atom stereocenters. The summed E-state index contributed by atoms with van der Waals surface area (Å²) in [5.74, 6) is -0.922. The topological polar surface area (TPSA) is 119 Å². The molecule has 0 fully saturated rings. The minimum absolute atomic E-state index is 0.150. The highest BCUT2D eigenvalue weighted by Crippen LogP contribution is 2.30. The second kappa shape index (κ2) is 4.49. The van der Waals surface area contributed by atoms with Gasteiger partial charge in [0.2, 0.25) is 0 Å². The summed E-state index contributed by atoms with van der Waals surface area (Å²) in [6, 6.07) is 3.79. The highest BCUT2D eigenvalue weighted by molar-refractivity contribution is 8.18. The highest BCUT2D eigenvalue weighted by atomic mass is 32.2. The van der Waals surface area contributed by atoms with Crippen LogP contribution >= 0.6 is 11.8 Å². The molecule has 0 aliphatic carbocycles. The molecule has 0 bridgehead atoms. The number of hydrogen-bond donors (Lipinski definition) is 2. The Balaban J connectivity index is 2.32. The number of aliphatic imine (C=N–C) groups is 1. The van der Waals surface area contributed by atoms with Crippen molar-refractivity contribution in [1.29, 1.82) is 0 Å². The maximum Gasteiger partial charge on any atom is 0.310 e. The van der Waals surface area contributed by atoms with Crippen LogP contribution in [0.4, 0.5) is 5.69 Å². The lowest BCUT2D eigenvalue weighted by molar-refractivity contribution is -0.385. The summed E-state index contributed by atoms with van der Waals surface area (Å²) >= 11 is 1.01. The predicted molar refractivity (Wildman–Crippen MR) is 67.0 cm³/mol. The fraction of sp³-hybridized carbons (Fsp3) is 0. The van der Waals surface area contributed by atoms with E-state index in [1.165, 1.54) is 18.2 Å². The summed E-state index contributed by atoms with van der Waals surface area (Å²) in [5.41, 5.74) is 5.44. The minimum Gasteiger partial charge on any atom is -0.502 e. The van der Waals surface area contributed by atoms with E-state index in [0.717, 1.165) is 17.8 Å². The van der Waals surface area contributed by atoms with E-state index in [2.05, 4.69) is 4.99 Å². The van der Waals surface area contributed by atoms with Crippen LogP contribution in [0.2, 0.25) is 0 Å². The summed E-state index contributed by atoms with van der Waals surface area (Å²) < 4.78 is 0. The third-order valence-corrected chi connectivity index (χ3v) is 2.94. The number of benzene rings is 1. The molecule has 8 heteroatoms. The van der Waals surface area contributed by atoms with Crippen LogP contribution in [-0.2, 0) is 4.79 Å². The number of amides is 1. The molecule has 18 heavy (non-hydrogen) atoms. The maximum absolute atomic E-state index is 11.3. The van der Waals surface area contributed by atoms with Gasteiger partial charge in [0.05, 0.1) is 9.83 Å². The van der Waals surface area contributed by atoms with E-state index in [1.807, 2.05) is 0 Å². The first-order valence-electron chi connectivity index (χ1n) is 4.73. The number of nitrogens with zero attached hydrogens (tertiary/aromatic N) is 2. The average Bonchev–Trinajstić information content (AvgIpc) is 2.57. The molecule has 1 aliphatic heterocycles. The lowest BCUT2D eigenvalue weighted by Crippen LogP contribution is -2.01. The molecule has 0 aromatic heterocycles. The van der Waals surface area contributed by atoms with Gasteiger partial charge in [-0.15, -0.1) is 0 Å². The molecular formula is C10H7N3O4S. The fourth-order valence-electron chi connectivity index (χ4n) is 1.36. The number of amidine groups is 1. The lowest BCUT2D eigenvalue weighted by atomic mass is 10.1. The van der Waals surface area contributed by atoms with Crippen molar-refractivity contribution >= 4 is 34.6 Å². The van der Waals surface area contributed by atoms with Gasteiger partial charge in [0.25, 0.3) is 5.91 Å². The van der Waals surface area contributed by atoms with Gasteiger partial charge in [0, 0.05) is 6.07 Å². The molecular weight excluding hydrogens is 258 g/mol. The van der Waals surface area contributed by atoms with Crippen molar-refractivity contribution in [2.75, 3.05) is 0 Å². The van der Waals surface area contributed by atoms with Gasteiger partial charge < -0.3 is 10.8 Å². The molecule has 3 N–H and O–H groups in total. The number of nitro groups is 1. The Hall–Kier alpha value is -2.35. The Morgan fingerprint density at radius 3 is 2.72 bits per heavy atom. The van der Waals surface area contributed by atoms with E-state index >= 15 is 0 Å². The number of thioether (sulfide) groups is 1. The lowest BCUT2D eigenvalue weighted by Gasteiger charge is -1.98. The van der Waals surface area contributed by atoms with Gasteiger partial charge in [-0.25, -0.2) is 0 Å². The molecule has 1 aromatic rings. The predicted octanol–water partition coefficient (Wildman–Crippen LogP) is 1.23. The van der Waals surface area contributed by atoms with Crippen molar-refractivity contribution in [2.24, 2.45) is 10.7 Å². The van der Waals surface area contributed by atoms with Gasteiger partial charge in [-0.2, -0.15) is 4.99 Å². The monoisotopic (exact) mass is 265 g/mol. The fourth-order valence-corrected chi connectivity index (χ4v) is 2.04. The van der Waals surface area contributed by atoms with E-state index in [0.29, 0.717) is 10.5 Å². The van der Waals surface area contributed by atoms with E-state index in [9.17, 15) is 20.0 Å². The van der Waals surface area contributed by atoms with Crippen LogP contribution in [0, 0.1) is 10.1 Å². The summed E-state index contributed by atoms with van der Waals surface area (Å²) in [4.78, 5) is 25.0. The summed E-state index contributed by atoms with van der Waals surface area (Å²) in [6.45, 7) is 0. The summed E-state index contributed by atoms with van der Waals surface area (Å²) in [6.07, 6.45) is 1.46. The molecule has 1 amide bonds. The number of phenols is 1. The van der Waals surface area contributed by atoms with Crippen LogP contribution in [-0.4, -0.2) is 21.1 Å². The Morgan fingerprint density at radius 1 is 1.50 bits per heavy atom. The first-order chi connectivity index (χ1) is 8.47. The van der Waals surface area contributed by atoms with Crippen LogP contribution in [0.3, 0.4) is 0 Å². The maximum atomic E-state index is 11.3. The van der Waals surface area contributed by atoms with Crippen LogP contribution in [0.5, 0.6) is 5.75 Å². The summed E-state index contributed by atoms with van der Waals surface area (Å²) in [7, 11) is 0. The van der Waals surface area contributed by atoms with Gasteiger partial charge in [-0.05, 0) is 35.5 Å². The summed E-state index contributed by atoms with van der Waals surface area (Å²) in [5, 5.41) is 20.1. The van der Waals surface area contributed by atoms with Crippen molar-refractivity contribution in [3.63, 3.8) is 0 Å². The number of nitrogens with two attached hydrogens (primary N) is 1. The number of carbonyl (C=O) groups excluding carboxylic acids is 1. The second-order valence-electron chi connectivity index (χ2n) is 3.37. The van der Waals surface area contributed by atoms with Gasteiger partial charge in [-0.3, -0.25) is 14.9 Å². The number of aromatic hydroxyl groups is 1. The second-order valence-corrected chi connectivity index (χ2v) is 4.43. The number of hydrogen-bond acceptors (Lipinski definition) is 6. The highest BCUT2D eigenvalue weighted by Gasteiger charge is 2.20. The molecule has 2 rings (SSSR count).